The Balaban J connectivity index is 4.71. The number of carbonyl (C=O) groups is 7. The van der Waals surface area contributed by atoms with Crippen molar-refractivity contribution in [2.24, 2.45) is 5.73 Å². The van der Waals surface area contributed by atoms with Crippen LogP contribution in [0.25, 0.3) is 0 Å². The van der Waals surface area contributed by atoms with Crippen LogP contribution in [0.3, 0.4) is 0 Å². The molecule has 0 aromatic rings. The molecule has 0 aliphatic carbocycles. The Kier molecular flexibility index (Phi) is 13.1. The normalized spacial score (nSPS) is 16.4. The highest BCUT2D eigenvalue weighted by Gasteiger charge is 2.19. The summed E-state index contributed by atoms with van der Waals surface area (Å²) in [5, 5.41) is 21.4. The number of amides is 6. The van der Waals surface area contributed by atoms with Crippen molar-refractivity contribution < 1.29 is 38.7 Å². The third-order valence-electron chi connectivity index (χ3n) is 4.12. The molecule has 0 unspecified atom stereocenters. The highest BCUT2D eigenvalue weighted by molar-refractivity contribution is 5.97. The molecule has 15 heteroatoms. The molecule has 15 nitrogen and oxygen atoms in total. The van der Waals surface area contributed by atoms with Gasteiger partial charge < -0.3 is 91.2 Å². The SMILES string of the molecule is [CH2-][C@H](N)C(=O)N[C@@H]([CH2-])C(=O)N[C@@H]([CH2-])C(=O)N[C@@H]([CH2-])C(=O)N[C@@H]([CH2-])C(=O)N[C@@H]([CH2-])C(=O)N[C@@H]([CH2-])C(=O)O. The zero-order valence-electron chi connectivity index (χ0n) is 19.4. The number of hydrogen-bond acceptors (Lipinski definition) is 8. The fourth-order valence-electron chi connectivity index (χ4n) is 2.03. The van der Waals surface area contributed by atoms with E-state index in [1.54, 1.807) is 0 Å². The fraction of sp³-hybridized carbons (Fsp3) is 0.333. The molecule has 9 N–H and O–H groups in total. The van der Waals surface area contributed by atoms with Gasteiger partial charge in [-0.25, -0.2) is 0 Å². The minimum Gasteiger partial charge on any atom is -0.482 e. The molecule has 0 spiro atoms. The van der Waals surface area contributed by atoms with E-state index in [4.69, 9.17) is 10.8 Å². The lowest BCUT2D eigenvalue weighted by atomic mass is 10.2. The van der Waals surface area contributed by atoms with Gasteiger partial charge in [-0.05, 0) is 36.3 Å². The molecule has 0 aliphatic heterocycles. The Morgan fingerprint density at radius 3 is 0.833 bits per heavy atom. The van der Waals surface area contributed by atoms with E-state index < -0.39 is 83.7 Å². The van der Waals surface area contributed by atoms with Gasteiger partial charge in [0.2, 0.25) is 35.4 Å². The summed E-state index contributed by atoms with van der Waals surface area (Å²) < 4.78 is 0. The first-order chi connectivity index (χ1) is 16.5. The second-order valence-electron chi connectivity index (χ2n) is 7.31. The van der Waals surface area contributed by atoms with Crippen LogP contribution < -0.4 is 37.6 Å². The molecule has 0 bridgehead atoms. The van der Waals surface area contributed by atoms with E-state index in [0.717, 1.165) is 0 Å². The zero-order chi connectivity index (χ0) is 28.3. The van der Waals surface area contributed by atoms with Gasteiger partial charge in [0.25, 0.3) is 5.97 Å². The van der Waals surface area contributed by atoms with Crippen LogP contribution in [0, 0.1) is 48.5 Å². The predicted molar refractivity (Wildman–Crippen MR) is 125 cm³/mol. The number of rotatable bonds is 13. The van der Waals surface area contributed by atoms with Gasteiger partial charge in [-0.15, -0.1) is 0 Å². The van der Waals surface area contributed by atoms with Crippen LogP contribution in [-0.2, 0) is 33.6 Å². The summed E-state index contributed by atoms with van der Waals surface area (Å²) in [6.07, 6.45) is 0. The number of carboxylic acids is 1. The van der Waals surface area contributed by atoms with Crippen LogP contribution >= 0.6 is 0 Å². The molecule has 0 radical (unpaired) electrons. The van der Waals surface area contributed by atoms with Crippen molar-refractivity contribution in [1.29, 1.82) is 0 Å². The van der Waals surface area contributed by atoms with E-state index in [2.05, 4.69) is 75.1 Å². The molecular formula is C21H30N7O8-7. The number of carbonyl (C=O) groups excluding carboxylic acids is 6. The molecule has 0 aromatic heterocycles. The predicted octanol–water partition coefficient (Wildman–Crippen LogP) is -4.85. The zero-order valence-corrected chi connectivity index (χ0v) is 19.4. The Morgan fingerprint density at radius 2 is 0.639 bits per heavy atom. The first-order valence-electron chi connectivity index (χ1n) is 10.1. The minimum absolute atomic E-state index is 0.755. The maximum atomic E-state index is 12.2. The summed E-state index contributed by atoms with van der Waals surface area (Å²) in [7, 11) is 0. The molecule has 0 rings (SSSR count). The molecule has 6 amide bonds. The molecular weight excluding hydrogens is 478 g/mol. The number of aliphatic carboxylic acids is 1. The number of hydrogen-bond donors (Lipinski definition) is 8. The molecule has 7 atom stereocenters. The largest absolute Gasteiger partial charge is 0.482 e. The van der Waals surface area contributed by atoms with Crippen LogP contribution in [0.4, 0.5) is 0 Å². The fourth-order valence-corrected chi connectivity index (χ4v) is 2.03. The topological polar surface area (TPSA) is 238 Å². The second-order valence-corrected chi connectivity index (χ2v) is 7.31. The number of nitrogens with two attached hydrogens (primary N) is 1. The smallest absolute Gasteiger partial charge is 0.294 e. The van der Waals surface area contributed by atoms with Crippen LogP contribution in [-0.4, -0.2) is 88.8 Å². The van der Waals surface area contributed by atoms with Gasteiger partial charge >= 0.3 is 0 Å². The Hall–Kier alpha value is -3.75. The molecule has 0 saturated heterocycles. The molecule has 0 aliphatic rings. The van der Waals surface area contributed by atoms with Gasteiger partial charge in [-0.1, -0.05) is 0 Å². The van der Waals surface area contributed by atoms with Crippen molar-refractivity contribution in [3.8, 4) is 0 Å². The van der Waals surface area contributed by atoms with Crippen LogP contribution in [0.5, 0.6) is 0 Å². The summed E-state index contributed by atoms with van der Waals surface area (Å²) in [5.74, 6) is -6.85. The third-order valence-corrected chi connectivity index (χ3v) is 4.12. The van der Waals surface area contributed by atoms with Crippen molar-refractivity contribution in [3.05, 3.63) is 48.5 Å². The maximum Gasteiger partial charge on any atom is 0.294 e. The molecule has 204 valence electrons. The molecule has 0 aromatic carbocycles. The summed E-state index contributed by atoms with van der Waals surface area (Å²) in [6, 6.07) is -9.70. The van der Waals surface area contributed by atoms with Crippen molar-refractivity contribution in [2.45, 2.75) is 42.3 Å². The molecule has 36 heavy (non-hydrogen) atoms. The number of carboxylic acid groups (broad SMARTS) is 1. The maximum absolute atomic E-state index is 12.2. The van der Waals surface area contributed by atoms with Crippen LogP contribution in [0.1, 0.15) is 0 Å². The quantitative estimate of drug-likeness (QED) is 0.111. The average Bonchev–Trinajstić information content (AvgIpc) is 2.77. The van der Waals surface area contributed by atoms with Gasteiger partial charge in [0.05, 0.1) is 0 Å². The molecule has 0 heterocycles. The Bertz CT molecular complexity index is 863. The highest BCUT2D eigenvalue weighted by Crippen LogP contribution is 1.93. The molecule has 0 fully saturated rings. The molecule has 0 saturated carbocycles. The summed E-state index contributed by atoms with van der Waals surface area (Å²) in [4.78, 5) is 82.5. The first-order valence-corrected chi connectivity index (χ1v) is 10.1. The summed E-state index contributed by atoms with van der Waals surface area (Å²) in [5.41, 5.74) is 5.26. The van der Waals surface area contributed by atoms with E-state index in [1.807, 2.05) is 5.32 Å². The Labute approximate surface area is 209 Å². The summed E-state index contributed by atoms with van der Waals surface area (Å²) in [6.45, 7) is 23.4. The van der Waals surface area contributed by atoms with Gasteiger partial charge in [0, 0.05) is 6.04 Å². The standard InChI is InChI=1S/C21H30N7O8/c1-8(22)15(29)23-9(2)16(30)24-10(3)17(31)25-11(4)18(32)26-12(5)19(33)27-13(6)20(34)28-14(7)21(35)36/h8-14H,1-7,22H2,(H,23,29)(H,24,30)(H,25,31)(H,26,32)(H,27,33)(H,28,34)(H,35,36)/q-7/t8-,9-,10-,11-,12-,13-,14-/m0/s1. The second kappa shape index (κ2) is 14.6. The highest BCUT2D eigenvalue weighted by atomic mass is 16.4. The van der Waals surface area contributed by atoms with E-state index >= 15 is 0 Å². The van der Waals surface area contributed by atoms with Crippen molar-refractivity contribution >= 4 is 41.4 Å². The first kappa shape index (κ1) is 32.2. The van der Waals surface area contributed by atoms with Gasteiger partial charge in [-0.3, -0.25) is 33.6 Å². The van der Waals surface area contributed by atoms with Gasteiger partial charge in [0.15, 0.2) is 0 Å². The van der Waals surface area contributed by atoms with Crippen molar-refractivity contribution in [3.63, 3.8) is 0 Å². The Morgan fingerprint density at radius 1 is 0.444 bits per heavy atom. The van der Waals surface area contributed by atoms with Gasteiger partial charge in [0.1, 0.15) is 0 Å². The number of nitrogens with one attached hydrogen (secondary N) is 6. The van der Waals surface area contributed by atoms with Gasteiger partial charge in [-0.2, -0.15) is 0 Å². The van der Waals surface area contributed by atoms with Crippen LogP contribution in [0.2, 0.25) is 0 Å². The van der Waals surface area contributed by atoms with E-state index in [0.29, 0.717) is 0 Å². The lowest BCUT2D eigenvalue weighted by Crippen LogP contribution is -2.58. The lowest BCUT2D eigenvalue weighted by Gasteiger charge is -2.30. The van der Waals surface area contributed by atoms with E-state index in [-0.39, 0.29) is 0 Å². The monoisotopic (exact) mass is 508 g/mol. The third kappa shape index (κ3) is 11.1. The van der Waals surface area contributed by atoms with Crippen molar-refractivity contribution in [1.82, 2.24) is 31.9 Å². The average molecular weight is 509 g/mol. The van der Waals surface area contributed by atoms with E-state index in [9.17, 15) is 33.6 Å². The van der Waals surface area contributed by atoms with Crippen LogP contribution in [0.15, 0.2) is 0 Å². The minimum atomic E-state index is -1.48. The lowest BCUT2D eigenvalue weighted by molar-refractivity contribution is -0.140. The summed E-state index contributed by atoms with van der Waals surface area (Å²) >= 11 is 0. The van der Waals surface area contributed by atoms with E-state index in [1.165, 1.54) is 0 Å². The van der Waals surface area contributed by atoms with Crippen molar-refractivity contribution in [2.75, 3.05) is 0 Å².